The smallest absolute Gasteiger partial charge is 0.231 e. The Morgan fingerprint density at radius 1 is 1.05 bits per heavy atom. The van der Waals surface area contributed by atoms with Crippen LogP contribution in [0, 0.1) is 0 Å². The Hall–Kier alpha value is -1.94. The lowest BCUT2D eigenvalue weighted by atomic mass is 10.2. The van der Waals surface area contributed by atoms with Crippen LogP contribution in [0.4, 0.5) is 0 Å². The van der Waals surface area contributed by atoms with Crippen LogP contribution in [0.5, 0.6) is 11.5 Å². The summed E-state index contributed by atoms with van der Waals surface area (Å²) in [6.07, 6.45) is 2.11. The summed E-state index contributed by atoms with van der Waals surface area (Å²) in [6, 6.07) is 14.5. The molecule has 0 aliphatic carbocycles. The third-order valence-corrected chi connectivity index (χ3v) is 4.30. The zero-order chi connectivity index (χ0) is 13.5. The zero-order valence-electron chi connectivity index (χ0n) is 10.7. The van der Waals surface area contributed by atoms with Crippen molar-refractivity contribution in [2.45, 2.75) is 6.54 Å². The second-order valence-electron chi connectivity index (χ2n) is 4.80. The molecule has 100 valence electrons. The van der Waals surface area contributed by atoms with E-state index in [2.05, 4.69) is 57.0 Å². The molecule has 0 bridgehead atoms. The molecular weight excluding hydrogens is 318 g/mol. The minimum absolute atomic E-state index is 0.303. The molecule has 0 spiro atoms. The number of nitrogens with zero attached hydrogens (tertiary/aromatic N) is 1. The topological polar surface area (TPSA) is 23.4 Å². The first-order chi connectivity index (χ1) is 9.81. The summed E-state index contributed by atoms with van der Waals surface area (Å²) in [5.74, 6) is 1.62. The van der Waals surface area contributed by atoms with Crippen molar-refractivity contribution in [3.8, 4) is 11.5 Å². The van der Waals surface area contributed by atoms with Crippen LogP contribution in [-0.4, -0.2) is 11.4 Å². The molecule has 0 N–H and O–H groups in total. The standard InChI is InChI=1S/C16H12BrNO2/c17-13-8-16-15(19-10-20-16)7-12(13)9-18-6-5-11-3-1-2-4-14(11)18/h1-8H,9-10H2. The zero-order valence-corrected chi connectivity index (χ0v) is 12.3. The monoisotopic (exact) mass is 329 g/mol. The van der Waals surface area contributed by atoms with Gasteiger partial charge in [-0.2, -0.15) is 0 Å². The first kappa shape index (κ1) is 11.9. The molecule has 2 aromatic carbocycles. The van der Waals surface area contributed by atoms with Gasteiger partial charge in [0.15, 0.2) is 11.5 Å². The van der Waals surface area contributed by atoms with Crippen LogP contribution in [0.2, 0.25) is 0 Å². The SMILES string of the molecule is Brc1cc2c(cc1Cn1ccc3ccccc31)OCO2. The van der Waals surface area contributed by atoms with Crippen LogP contribution in [0.25, 0.3) is 10.9 Å². The molecule has 1 aliphatic heterocycles. The molecule has 0 unspecified atom stereocenters. The fraction of sp³-hybridized carbons (Fsp3) is 0.125. The molecule has 2 heterocycles. The van der Waals surface area contributed by atoms with Gasteiger partial charge in [0.2, 0.25) is 6.79 Å². The Bertz CT molecular complexity index is 794. The van der Waals surface area contributed by atoms with E-state index >= 15 is 0 Å². The predicted octanol–water partition coefficient (Wildman–Crippen LogP) is 4.18. The summed E-state index contributed by atoms with van der Waals surface area (Å²) in [7, 11) is 0. The minimum Gasteiger partial charge on any atom is -0.454 e. The van der Waals surface area contributed by atoms with Crippen LogP contribution < -0.4 is 9.47 Å². The lowest BCUT2D eigenvalue weighted by Gasteiger charge is -2.09. The number of hydrogen-bond acceptors (Lipinski definition) is 2. The van der Waals surface area contributed by atoms with Gasteiger partial charge in [-0.1, -0.05) is 34.1 Å². The Morgan fingerprint density at radius 2 is 1.85 bits per heavy atom. The summed E-state index contributed by atoms with van der Waals surface area (Å²) in [5.41, 5.74) is 2.41. The molecule has 0 saturated carbocycles. The molecule has 3 aromatic rings. The first-order valence-corrected chi connectivity index (χ1v) is 7.22. The molecule has 3 nitrogen and oxygen atoms in total. The maximum atomic E-state index is 5.45. The highest BCUT2D eigenvalue weighted by atomic mass is 79.9. The fourth-order valence-electron chi connectivity index (χ4n) is 2.54. The average Bonchev–Trinajstić information content (AvgIpc) is 3.06. The van der Waals surface area contributed by atoms with Gasteiger partial charge in [0, 0.05) is 22.7 Å². The van der Waals surface area contributed by atoms with E-state index in [9.17, 15) is 0 Å². The molecule has 0 fully saturated rings. The van der Waals surface area contributed by atoms with Crippen molar-refractivity contribution in [3.05, 3.63) is 58.7 Å². The lowest BCUT2D eigenvalue weighted by Crippen LogP contribution is -1.98. The average molecular weight is 330 g/mol. The van der Waals surface area contributed by atoms with Crippen LogP contribution in [0.1, 0.15) is 5.56 Å². The lowest BCUT2D eigenvalue weighted by molar-refractivity contribution is 0.174. The van der Waals surface area contributed by atoms with E-state index in [1.807, 2.05) is 12.1 Å². The van der Waals surface area contributed by atoms with Crippen LogP contribution in [0.3, 0.4) is 0 Å². The van der Waals surface area contributed by atoms with Gasteiger partial charge in [0.1, 0.15) is 0 Å². The Kier molecular flexibility index (Phi) is 2.70. The number of ether oxygens (including phenoxy) is 2. The van der Waals surface area contributed by atoms with Gasteiger partial charge in [-0.3, -0.25) is 0 Å². The molecule has 4 rings (SSSR count). The second kappa shape index (κ2) is 4.56. The molecular formula is C16H12BrNO2. The number of hydrogen-bond donors (Lipinski definition) is 0. The molecule has 0 saturated heterocycles. The van der Waals surface area contributed by atoms with Crippen molar-refractivity contribution in [2.24, 2.45) is 0 Å². The molecule has 1 aromatic heterocycles. The fourth-order valence-corrected chi connectivity index (χ4v) is 2.99. The molecule has 0 amide bonds. The van der Waals surface area contributed by atoms with Crippen molar-refractivity contribution in [1.29, 1.82) is 0 Å². The number of benzene rings is 2. The van der Waals surface area contributed by atoms with Crippen LogP contribution >= 0.6 is 15.9 Å². The van der Waals surface area contributed by atoms with Gasteiger partial charge in [-0.25, -0.2) is 0 Å². The van der Waals surface area contributed by atoms with Crippen LogP contribution in [-0.2, 0) is 6.54 Å². The van der Waals surface area contributed by atoms with E-state index < -0.39 is 0 Å². The van der Waals surface area contributed by atoms with Gasteiger partial charge in [-0.05, 0) is 35.2 Å². The highest BCUT2D eigenvalue weighted by Crippen LogP contribution is 2.37. The number of fused-ring (bicyclic) bond motifs is 2. The quantitative estimate of drug-likeness (QED) is 0.704. The highest BCUT2D eigenvalue weighted by Gasteiger charge is 2.16. The number of halogens is 1. The van der Waals surface area contributed by atoms with Gasteiger partial charge in [0.25, 0.3) is 0 Å². The van der Waals surface area contributed by atoms with Gasteiger partial charge >= 0.3 is 0 Å². The van der Waals surface area contributed by atoms with Crippen LogP contribution in [0.15, 0.2) is 53.1 Å². The Balaban J connectivity index is 1.76. The van der Waals surface area contributed by atoms with E-state index in [4.69, 9.17) is 9.47 Å². The normalized spacial score (nSPS) is 13.1. The summed E-state index contributed by atoms with van der Waals surface area (Å²) in [5, 5.41) is 1.25. The summed E-state index contributed by atoms with van der Waals surface area (Å²) in [6.45, 7) is 1.10. The van der Waals surface area contributed by atoms with Crippen molar-refractivity contribution in [2.75, 3.05) is 6.79 Å². The third kappa shape index (κ3) is 1.88. The van der Waals surface area contributed by atoms with E-state index in [-0.39, 0.29) is 0 Å². The molecule has 4 heteroatoms. The van der Waals surface area contributed by atoms with Crippen molar-refractivity contribution in [1.82, 2.24) is 4.57 Å². The van der Waals surface area contributed by atoms with Crippen molar-refractivity contribution < 1.29 is 9.47 Å². The molecule has 20 heavy (non-hydrogen) atoms. The van der Waals surface area contributed by atoms with Crippen molar-refractivity contribution >= 4 is 26.8 Å². The number of rotatable bonds is 2. The number of aromatic nitrogens is 1. The van der Waals surface area contributed by atoms with Crippen molar-refractivity contribution in [3.63, 3.8) is 0 Å². The first-order valence-electron chi connectivity index (χ1n) is 6.43. The highest BCUT2D eigenvalue weighted by molar-refractivity contribution is 9.10. The van der Waals surface area contributed by atoms with E-state index in [0.29, 0.717) is 6.79 Å². The second-order valence-corrected chi connectivity index (χ2v) is 5.65. The summed E-state index contributed by atoms with van der Waals surface area (Å²) in [4.78, 5) is 0. The van der Waals surface area contributed by atoms with Gasteiger partial charge in [0.05, 0.1) is 0 Å². The third-order valence-electron chi connectivity index (χ3n) is 3.56. The van der Waals surface area contributed by atoms with Gasteiger partial charge in [-0.15, -0.1) is 0 Å². The Labute approximate surface area is 124 Å². The molecule has 0 radical (unpaired) electrons. The summed E-state index contributed by atoms with van der Waals surface area (Å²) >= 11 is 3.61. The Morgan fingerprint density at radius 3 is 2.75 bits per heavy atom. The van der Waals surface area contributed by atoms with E-state index in [0.717, 1.165) is 22.5 Å². The predicted molar refractivity (Wildman–Crippen MR) is 81.3 cm³/mol. The van der Waals surface area contributed by atoms with E-state index in [1.165, 1.54) is 16.5 Å². The molecule has 0 atom stereocenters. The number of para-hydroxylation sites is 1. The maximum absolute atomic E-state index is 5.45. The van der Waals surface area contributed by atoms with E-state index in [1.54, 1.807) is 0 Å². The van der Waals surface area contributed by atoms with Gasteiger partial charge < -0.3 is 14.0 Å². The maximum Gasteiger partial charge on any atom is 0.231 e. The largest absolute Gasteiger partial charge is 0.454 e. The minimum atomic E-state index is 0.303. The summed E-state index contributed by atoms with van der Waals surface area (Å²) < 4.78 is 14.1. The molecule has 1 aliphatic rings.